The Kier molecular flexibility index (Phi) is 7.08. The van der Waals surface area contributed by atoms with Gasteiger partial charge >= 0.3 is 12.1 Å². The van der Waals surface area contributed by atoms with Gasteiger partial charge in [-0.3, -0.25) is 9.59 Å². The fourth-order valence-corrected chi connectivity index (χ4v) is 4.55. The minimum atomic E-state index is -4.56. The molecule has 2 aromatic rings. The normalized spacial score (nSPS) is 16.4. The number of anilines is 1. The lowest BCUT2D eigenvalue weighted by Gasteiger charge is -2.33. The van der Waals surface area contributed by atoms with E-state index >= 15 is 0 Å². The predicted molar refractivity (Wildman–Crippen MR) is 113 cm³/mol. The van der Waals surface area contributed by atoms with Crippen molar-refractivity contribution in [1.82, 2.24) is 10.3 Å². The first kappa shape index (κ1) is 23.3. The molecule has 0 aromatic carbocycles. The Bertz CT molecular complexity index is 952. The van der Waals surface area contributed by atoms with Gasteiger partial charge in [0.15, 0.2) is 0 Å². The van der Waals surface area contributed by atoms with Crippen LogP contribution < -0.4 is 10.2 Å². The third kappa shape index (κ3) is 5.28. The van der Waals surface area contributed by atoms with Crippen LogP contribution in [0.4, 0.5) is 19.0 Å². The van der Waals surface area contributed by atoms with E-state index in [0.29, 0.717) is 32.4 Å². The lowest BCUT2D eigenvalue weighted by Crippen LogP contribution is -2.38. The van der Waals surface area contributed by atoms with Crippen LogP contribution in [0.15, 0.2) is 11.4 Å². The first-order valence-corrected chi connectivity index (χ1v) is 11.2. The number of thiophene rings is 1. The highest BCUT2D eigenvalue weighted by Crippen LogP contribution is 2.40. The molecule has 1 amide bonds. The standard InChI is InChI=1S/C21H26F3N3O3S/c1-4-12(2)9-17(28)30-13-5-7-27(8-6-13)16-10-15(21(22,23)24)19-18(26-16)14(11-31-19)20(29)25-3/h10-13H,4-9H2,1-3H3,(H,25,29)/t12-/m0/s1. The number of hydrogen-bond donors (Lipinski definition) is 1. The Morgan fingerprint density at radius 1 is 1.35 bits per heavy atom. The number of amides is 1. The summed E-state index contributed by atoms with van der Waals surface area (Å²) in [6.45, 7) is 4.83. The summed E-state index contributed by atoms with van der Waals surface area (Å²) in [6, 6.07) is 1.04. The van der Waals surface area contributed by atoms with E-state index < -0.39 is 17.6 Å². The van der Waals surface area contributed by atoms with E-state index in [9.17, 15) is 22.8 Å². The molecule has 0 unspecified atom stereocenters. The average Bonchev–Trinajstić information content (AvgIpc) is 3.16. The average molecular weight is 458 g/mol. The van der Waals surface area contributed by atoms with Crippen LogP contribution in [0.5, 0.6) is 0 Å². The van der Waals surface area contributed by atoms with E-state index in [1.165, 1.54) is 12.4 Å². The molecule has 31 heavy (non-hydrogen) atoms. The van der Waals surface area contributed by atoms with E-state index in [1.807, 2.05) is 13.8 Å². The van der Waals surface area contributed by atoms with Crippen LogP contribution in [0.1, 0.15) is 55.5 Å². The van der Waals surface area contributed by atoms with Gasteiger partial charge in [0.1, 0.15) is 11.9 Å². The molecule has 0 radical (unpaired) electrons. The SMILES string of the molecule is CC[C@H](C)CC(=O)OC1CCN(c2cc(C(F)(F)F)c3scc(C(=O)NC)c3n2)CC1. The van der Waals surface area contributed by atoms with Gasteiger partial charge in [0.05, 0.1) is 21.3 Å². The number of carbonyl (C=O) groups is 2. The number of ether oxygens (including phenoxy) is 1. The van der Waals surface area contributed by atoms with Crippen LogP contribution in [0, 0.1) is 5.92 Å². The summed E-state index contributed by atoms with van der Waals surface area (Å²) in [6.07, 6.45) is -2.53. The van der Waals surface area contributed by atoms with Crippen molar-refractivity contribution in [1.29, 1.82) is 0 Å². The molecule has 10 heteroatoms. The van der Waals surface area contributed by atoms with Gasteiger partial charge in [-0.05, 0) is 12.0 Å². The number of rotatable bonds is 6. The van der Waals surface area contributed by atoms with Gasteiger partial charge in [-0.25, -0.2) is 4.98 Å². The van der Waals surface area contributed by atoms with E-state index in [-0.39, 0.29) is 39.6 Å². The second kappa shape index (κ2) is 9.42. The number of nitrogens with one attached hydrogen (secondary N) is 1. The number of esters is 1. The molecular weight excluding hydrogens is 431 g/mol. The number of aromatic nitrogens is 1. The lowest BCUT2D eigenvalue weighted by atomic mass is 10.0. The number of nitrogens with zero attached hydrogens (tertiary/aromatic N) is 2. The molecule has 1 saturated heterocycles. The summed E-state index contributed by atoms with van der Waals surface area (Å²) in [4.78, 5) is 30.3. The zero-order valence-electron chi connectivity index (χ0n) is 17.7. The van der Waals surface area contributed by atoms with Crippen molar-refractivity contribution in [3.63, 3.8) is 0 Å². The highest BCUT2D eigenvalue weighted by atomic mass is 32.1. The van der Waals surface area contributed by atoms with Crippen molar-refractivity contribution in [2.24, 2.45) is 5.92 Å². The Morgan fingerprint density at radius 2 is 2.03 bits per heavy atom. The Balaban J connectivity index is 1.80. The summed E-state index contributed by atoms with van der Waals surface area (Å²) in [5.74, 6) is -0.284. The van der Waals surface area contributed by atoms with E-state index in [4.69, 9.17) is 4.74 Å². The van der Waals surface area contributed by atoms with Crippen molar-refractivity contribution < 1.29 is 27.5 Å². The van der Waals surface area contributed by atoms with Crippen molar-refractivity contribution in [2.75, 3.05) is 25.0 Å². The monoisotopic (exact) mass is 457 g/mol. The van der Waals surface area contributed by atoms with Crippen LogP contribution in [0.3, 0.4) is 0 Å². The van der Waals surface area contributed by atoms with Gasteiger partial charge in [-0.2, -0.15) is 13.2 Å². The fourth-order valence-electron chi connectivity index (χ4n) is 3.53. The summed E-state index contributed by atoms with van der Waals surface area (Å²) < 4.78 is 46.6. The number of halogens is 3. The van der Waals surface area contributed by atoms with E-state index in [1.54, 1.807) is 4.90 Å². The van der Waals surface area contributed by atoms with E-state index in [2.05, 4.69) is 10.3 Å². The molecule has 6 nitrogen and oxygen atoms in total. The Labute approximate surface area is 182 Å². The maximum atomic E-state index is 13.7. The zero-order chi connectivity index (χ0) is 22.8. The molecule has 170 valence electrons. The summed E-state index contributed by atoms with van der Waals surface area (Å²) in [5, 5.41) is 3.84. The van der Waals surface area contributed by atoms with E-state index in [0.717, 1.165) is 23.8 Å². The van der Waals surface area contributed by atoms with Crippen LogP contribution >= 0.6 is 11.3 Å². The Morgan fingerprint density at radius 3 is 2.61 bits per heavy atom. The number of alkyl halides is 3. The minimum absolute atomic E-state index is 0.0521. The number of hydrogen-bond acceptors (Lipinski definition) is 6. The summed E-state index contributed by atoms with van der Waals surface area (Å²) in [5.41, 5.74) is -0.616. The van der Waals surface area contributed by atoms with Crippen molar-refractivity contribution >= 4 is 39.2 Å². The second-order valence-electron chi connectivity index (χ2n) is 7.83. The van der Waals surface area contributed by atoms with Crippen molar-refractivity contribution in [2.45, 2.75) is 51.8 Å². The highest BCUT2D eigenvalue weighted by molar-refractivity contribution is 7.17. The number of pyridine rings is 1. The third-order valence-corrected chi connectivity index (χ3v) is 6.56. The van der Waals surface area contributed by atoms with Crippen molar-refractivity contribution in [3.8, 4) is 0 Å². The van der Waals surface area contributed by atoms with Crippen molar-refractivity contribution in [3.05, 3.63) is 22.6 Å². The molecule has 0 bridgehead atoms. The molecule has 1 atom stereocenters. The van der Waals surface area contributed by atoms with Gasteiger partial charge < -0.3 is 15.0 Å². The minimum Gasteiger partial charge on any atom is -0.462 e. The van der Waals surface area contributed by atoms with Gasteiger partial charge in [0.2, 0.25) is 0 Å². The summed E-state index contributed by atoms with van der Waals surface area (Å²) >= 11 is 0.861. The van der Waals surface area contributed by atoms with Crippen LogP contribution in [-0.2, 0) is 15.7 Å². The molecule has 2 aromatic heterocycles. The van der Waals surface area contributed by atoms with Crippen LogP contribution in [0.2, 0.25) is 0 Å². The smallest absolute Gasteiger partial charge is 0.417 e. The van der Waals surface area contributed by atoms with Gasteiger partial charge in [-0.15, -0.1) is 11.3 Å². The lowest BCUT2D eigenvalue weighted by molar-refractivity contribution is -0.151. The molecule has 0 spiro atoms. The topological polar surface area (TPSA) is 71.5 Å². The molecule has 1 aliphatic heterocycles. The largest absolute Gasteiger partial charge is 0.462 e. The van der Waals surface area contributed by atoms with Crippen LogP contribution in [0.25, 0.3) is 10.2 Å². The molecule has 1 fully saturated rings. The Hall–Kier alpha value is -2.36. The molecule has 1 aliphatic rings. The van der Waals surface area contributed by atoms with Crippen LogP contribution in [-0.4, -0.2) is 43.1 Å². The molecule has 0 aliphatic carbocycles. The summed E-state index contributed by atoms with van der Waals surface area (Å²) in [7, 11) is 1.42. The quantitative estimate of drug-likeness (QED) is 0.641. The predicted octanol–water partition coefficient (Wildman–Crippen LogP) is 4.62. The molecule has 3 heterocycles. The highest BCUT2D eigenvalue weighted by Gasteiger charge is 2.36. The first-order chi connectivity index (χ1) is 14.6. The number of piperidine rings is 1. The molecular formula is C21H26F3N3O3S. The van der Waals surface area contributed by atoms with Gasteiger partial charge in [-0.1, -0.05) is 20.3 Å². The number of fused-ring (bicyclic) bond motifs is 1. The first-order valence-electron chi connectivity index (χ1n) is 10.3. The number of carbonyl (C=O) groups excluding carboxylic acids is 2. The fraction of sp³-hybridized carbons (Fsp3) is 0.571. The maximum absolute atomic E-state index is 13.7. The zero-order valence-corrected chi connectivity index (χ0v) is 18.5. The molecule has 3 rings (SSSR count). The maximum Gasteiger partial charge on any atom is 0.417 e. The van der Waals surface area contributed by atoms with Gasteiger partial charge in [0, 0.05) is 44.8 Å². The van der Waals surface area contributed by atoms with Gasteiger partial charge in [0.25, 0.3) is 5.91 Å². The second-order valence-corrected chi connectivity index (χ2v) is 8.71. The molecule has 1 N–H and O–H groups in total. The third-order valence-electron chi connectivity index (χ3n) is 5.56. The molecule has 0 saturated carbocycles.